The third-order valence-electron chi connectivity index (χ3n) is 6.18. The second kappa shape index (κ2) is 24.7. The highest BCUT2D eigenvalue weighted by Crippen LogP contribution is 2.29. The molecule has 0 heterocycles. The van der Waals surface area contributed by atoms with E-state index in [4.69, 9.17) is 28.5 Å². The fourth-order valence-corrected chi connectivity index (χ4v) is 3.61. The van der Waals surface area contributed by atoms with Crippen LogP contribution in [0.25, 0.3) is 11.1 Å². The van der Waals surface area contributed by atoms with Crippen molar-refractivity contribution in [3.8, 4) is 34.1 Å². The largest absolute Gasteiger partial charge is 0.497 e. The zero-order chi connectivity index (χ0) is 37.1. The van der Waals surface area contributed by atoms with Crippen LogP contribution in [0.2, 0.25) is 0 Å². The van der Waals surface area contributed by atoms with Crippen molar-refractivity contribution in [3.05, 3.63) is 146 Å². The number of methoxy groups -OCH3 is 3. The van der Waals surface area contributed by atoms with E-state index in [-0.39, 0.29) is 11.5 Å². The summed E-state index contributed by atoms with van der Waals surface area (Å²) in [7, 11) is 4.84. The summed E-state index contributed by atoms with van der Waals surface area (Å²) in [5.74, 6) is 0.638. The van der Waals surface area contributed by atoms with E-state index in [1.165, 1.54) is 6.08 Å². The van der Waals surface area contributed by atoms with Crippen molar-refractivity contribution in [1.82, 2.24) is 0 Å². The first-order valence-electron chi connectivity index (χ1n) is 14.9. The molecular formula is C40H40O10. The van der Waals surface area contributed by atoms with Crippen LogP contribution in [-0.4, -0.2) is 58.7 Å². The number of hydrogen-bond donors (Lipinski definition) is 0. The van der Waals surface area contributed by atoms with Crippen LogP contribution < -0.4 is 18.9 Å². The van der Waals surface area contributed by atoms with Gasteiger partial charge in [0.1, 0.15) is 30.4 Å². The molecule has 0 saturated heterocycles. The lowest BCUT2D eigenvalue weighted by molar-refractivity contribution is -0.131. The van der Waals surface area contributed by atoms with Gasteiger partial charge in [0.25, 0.3) is 0 Å². The van der Waals surface area contributed by atoms with Crippen molar-refractivity contribution >= 4 is 30.8 Å². The molecule has 4 aromatic rings. The maximum Gasteiger partial charge on any atom is 0.335 e. The molecule has 0 aliphatic heterocycles. The molecule has 0 spiro atoms. The highest BCUT2D eigenvalue weighted by Gasteiger charge is 2.12. The lowest BCUT2D eigenvalue weighted by Crippen LogP contribution is -2.09. The van der Waals surface area contributed by atoms with Gasteiger partial charge in [-0.05, 0) is 77.7 Å². The summed E-state index contributed by atoms with van der Waals surface area (Å²) < 4.78 is 25.0. The van der Waals surface area contributed by atoms with E-state index in [9.17, 15) is 19.2 Å². The first kappa shape index (κ1) is 41.6. The van der Waals surface area contributed by atoms with E-state index in [2.05, 4.69) is 19.7 Å². The van der Waals surface area contributed by atoms with Gasteiger partial charge >= 0.3 is 11.9 Å². The molecule has 0 atom stereocenters. The second-order valence-electron chi connectivity index (χ2n) is 9.51. The highest BCUT2D eigenvalue weighted by molar-refractivity contribution is 5.86. The third-order valence-corrected chi connectivity index (χ3v) is 6.18. The summed E-state index contributed by atoms with van der Waals surface area (Å²) in [6, 6.07) is 27.2. The van der Waals surface area contributed by atoms with Gasteiger partial charge in [-0.15, -0.1) is 0 Å². The lowest BCUT2D eigenvalue weighted by Gasteiger charge is -2.10. The summed E-state index contributed by atoms with van der Waals surface area (Å²) in [5.41, 5.74) is 4.45. The predicted molar refractivity (Wildman–Crippen MR) is 192 cm³/mol. The first-order chi connectivity index (χ1) is 24.2. The average molecular weight is 681 g/mol. The molecule has 0 unspecified atom stereocenters. The lowest BCUT2D eigenvalue weighted by atomic mass is 10.0. The summed E-state index contributed by atoms with van der Waals surface area (Å²) in [5, 5.41) is 0. The Hall–Kier alpha value is -6.39. The number of allylic oxidation sites excluding steroid dienone is 1. The van der Waals surface area contributed by atoms with Gasteiger partial charge < -0.3 is 23.7 Å². The Morgan fingerprint density at radius 2 is 1.02 bits per heavy atom. The van der Waals surface area contributed by atoms with Crippen LogP contribution in [-0.2, 0) is 25.5 Å². The van der Waals surface area contributed by atoms with Gasteiger partial charge in [-0.2, -0.15) is 0 Å². The quantitative estimate of drug-likeness (QED) is 0.0623. The van der Waals surface area contributed by atoms with Crippen LogP contribution in [0.1, 0.15) is 26.3 Å². The standard InChI is InChI=1S/C15H16O5.C14H12O2.C8H8O2.C3H4O/c1-4-14(16)19-12-7-6-11(8-9-18-3)10-13(12)20-15(17)5-2;1-16-14-8-6-13(7-9-14)12-4-2-11(10-15)3-5-12;1-10-8-4-2-7(6-9)3-5-8;1-2-3-4/h4-7,10H,1-2,8-9H2,3H3;2-10H,1H3;2-6H,1H3;2-3H,1H2. The number of carbonyl (C=O) groups excluding carboxylic acids is 5. The van der Waals surface area contributed by atoms with E-state index in [1.54, 1.807) is 63.8 Å². The molecule has 10 nitrogen and oxygen atoms in total. The number of rotatable bonds is 13. The molecule has 0 aliphatic rings. The van der Waals surface area contributed by atoms with Crippen molar-refractivity contribution in [3.63, 3.8) is 0 Å². The minimum absolute atomic E-state index is 0.145. The summed E-state index contributed by atoms with van der Waals surface area (Å²) in [6.45, 7) is 10.3. The minimum atomic E-state index is -0.634. The van der Waals surface area contributed by atoms with Crippen molar-refractivity contribution in [2.45, 2.75) is 6.42 Å². The normalized spacial score (nSPS) is 9.18. The second-order valence-corrected chi connectivity index (χ2v) is 9.51. The number of benzene rings is 4. The van der Waals surface area contributed by atoms with Gasteiger partial charge in [-0.3, -0.25) is 14.4 Å². The molecule has 0 amide bonds. The number of esters is 2. The van der Waals surface area contributed by atoms with Crippen LogP contribution in [0.4, 0.5) is 0 Å². The Morgan fingerprint density at radius 3 is 1.42 bits per heavy atom. The summed E-state index contributed by atoms with van der Waals surface area (Å²) >= 11 is 0. The monoisotopic (exact) mass is 680 g/mol. The zero-order valence-corrected chi connectivity index (χ0v) is 28.2. The first-order valence-corrected chi connectivity index (χ1v) is 14.9. The summed E-state index contributed by atoms with van der Waals surface area (Å²) in [6.07, 6.45) is 6.18. The van der Waals surface area contributed by atoms with E-state index in [0.717, 1.165) is 52.9 Å². The number of hydrogen-bond acceptors (Lipinski definition) is 10. The maximum atomic E-state index is 11.3. The van der Waals surface area contributed by atoms with Crippen molar-refractivity contribution < 1.29 is 47.7 Å². The molecule has 260 valence electrons. The number of carbonyl (C=O) groups is 5. The van der Waals surface area contributed by atoms with Crippen LogP contribution in [0, 0.1) is 0 Å². The highest BCUT2D eigenvalue weighted by atomic mass is 16.6. The van der Waals surface area contributed by atoms with Gasteiger partial charge in [-0.1, -0.05) is 62.2 Å². The van der Waals surface area contributed by atoms with Gasteiger partial charge in [0, 0.05) is 30.4 Å². The smallest absolute Gasteiger partial charge is 0.335 e. The van der Waals surface area contributed by atoms with Crippen LogP contribution in [0.5, 0.6) is 23.0 Å². The molecule has 4 aromatic carbocycles. The predicted octanol–water partition coefficient (Wildman–Crippen LogP) is 7.11. The van der Waals surface area contributed by atoms with Crippen molar-refractivity contribution in [2.75, 3.05) is 27.9 Å². The summed E-state index contributed by atoms with van der Waals surface area (Å²) in [4.78, 5) is 52.3. The molecule has 4 rings (SSSR count). The molecule has 0 radical (unpaired) electrons. The van der Waals surface area contributed by atoms with Gasteiger partial charge in [0.05, 0.1) is 20.8 Å². The fraction of sp³-hybridized carbons (Fsp3) is 0.125. The minimum Gasteiger partial charge on any atom is -0.497 e. The Balaban J connectivity index is 0.000000370. The topological polar surface area (TPSA) is 132 Å². The maximum absolute atomic E-state index is 11.3. The molecule has 0 fully saturated rings. The SMILES string of the molecule is C=CC(=O)Oc1ccc(CCOC)cc1OC(=O)C=C.C=CC=O.COc1ccc(-c2ccc(C=O)cc2)cc1.COc1ccc(C=O)cc1. The van der Waals surface area contributed by atoms with Gasteiger partial charge in [-0.25, -0.2) is 9.59 Å². The molecule has 0 aliphatic carbocycles. The molecular weight excluding hydrogens is 640 g/mol. The Kier molecular flexibility index (Phi) is 20.6. The van der Waals surface area contributed by atoms with E-state index < -0.39 is 11.9 Å². The molecule has 50 heavy (non-hydrogen) atoms. The van der Waals surface area contributed by atoms with E-state index in [1.807, 2.05) is 48.5 Å². The van der Waals surface area contributed by atoms with E-state index >= 15 is 0 Å². The Labute approximate surface area is 292 Å². The molecule has 0 N–H and O–H groups in total. The van der Waals surface area contributed by atoms with Gasteiger partial charge in [0.15, 0.2) is 11.5 Å². The van der Waals surface area contributed by atoms with Crippen molar-refractivity contribution in [2.24, 2.45) is 0 Å². The van der Waals surface area contributed by atoms with Crippen LogP contribution >= 0.6 is 0 Å². The van der Waals surface area contributed by atoms with Crippen LogP contribution in [0.3, 0.4) is 0 Å². The third kappa shape index (κ3) is 15.9. The van der Waals surface area contributed by atoms with Gasteiger partial charge in [0.2, 0.25) is 0 Å². The van der Waals surface area contributed by atoms with E-state index in [0.29, 0.717) is 30.4 Å². The van der Waals surface area contributed by atoms with Crippen molar-refractivity contribution in [1.29, 1.82) is 0 Å². The molecule has 0 aromatic heterocycles. The zero-order valence-electron chi connectivity index (χ0n) is 28.2. The molecule has 10 heteroatoms. The Morgan fingerprint density at radius 1 is 0.600 bits per heavy atom. The molecule has 0 saturated carbocycles. The average Bonchev–Trinajstić information content (AvgIpc) is 3.18. The molecule has 0 bridgehead atoms. The van der Waals surface area contributed by atoms with Crippen LogP contribution in [0.15, 0.2) is 129 Å². The Bertz CT molecular complexity index is 1670. The fourth-order valence-electron chi connectivity index (χ4n) is 3.61. The number of ether oxygens (including phenoxy) is 5. The number of aldehydes is 3.